The summed E-state index contributed by atoms with van der Waals surface area (Å²) in [6.45, 7) is 5.13. The van der Waals surface area contributed by atoms with E-state index in [0.29, 0.717) is 17.7 Å². The van der Waals surface area contributed by atoms with Gasteiger partial charge in [0.15, 0.2) is 0 Å². The Morgan fingerprint density at radius 1 is 1.13 bits per heavy atom. The minimum Gasteiger partial charge on any atom is -0.379 e. The zero-order valence-electron chi connectivity index (χ0n) is 12.9. The Hall–Kier alpha value is -2.25. The fourth-order valence-electron chi connectivity index (χ4n) is 3.16. The number of fused-ring (bicyclic) bond motifs is 3. The van der Waals surface area contributed by atoms with Gasteiger partial charge in [-0.15, -0.1) is 10.2 Å². The third-order valence-electron chi connectivity index (χ3n) is 4.37. The first-order chi connectivity index (χ1) is 11.3. The van der Waals surface area contributed by atoms with Crippen LogP contribution in [0.1, 0.15) is 6.42 Å². The fraction of sp³-hybridized carbons (Fsp3) is 0.438. The van der Waals surface area contributed by atoms with Crippen LogP contribution >= 0.6 is 0 Å². The summed E-state index contributed by atoms with van der Waals surface area (Å²) in [7, 11) is 0. The van der Waals surface area contributed by atoms with E-state index in [4.69, 9.17) is 4.74 Å². The monoisotopic (exact) mass is 313 g/mol. The van der Waals surface area contributed by atoms with Gasteiger partial charge in [0.05, 0.1) is 24.1 Å². The molecule has 7 heteroatoms. The van der Waals surface area contributed by atoms with Gasteiger partial charge >= 0.3 is 0 Å². The molecule has 4 rings (SSSR count). The topological polar surface area (TPSA) is 64.7 Å². The molecule has 0 radical (unpaired) electrons. The van der Waals surface area contributed by atoms with Crippen LogP contribution in [0.4, 0.5) is 0 Å². The number of hydrogen-bond acceptors (Lipinski definition) is 5. The van der Waals surface area contributed by atoms with E-state index in [2.05, 4.69) is 15.1 Å². The molecule has 0 amide bonds. The number of nitrogens with zero attached hydrogens (tertiary/aromatic N) is 5. The summed E-state index contributed by atoms with van der Waals surface area (Å²) in [5, 5.41) is 8.81. The lowest BCUT2D eigenvalue weighted by Crippen LogP contribution is -2.37. The Kier molecular flexibility index (Phi) is 3.80. The molecule has 1 aromatic carbocycles. The molecule has 7 nitrogen and oxygen atoms in total. The van der Waals surface area contributed by atoms with Crippen LogP contribution in [0.25, 0.3) is 16.7 Å². The maximum atomic E-state index is 12.8. The van der Waals surface area contributed by atoms with E-state index in [1.807, 2.05) is 28.7 Å². The zero-order chi connectivity index (χ0) is 15.6. The second kappa shape index (κ2) is 6.10. The van der Waals surface area contributed by atoms with Gasteiger partial charge < -0.3 is 4.74 Å². The number of para-hydroxylation sites is 1. The van der Waals surface area contributed by atoms with E-state index in [9.17, 15) is 4.79 Å². The third-order valence-corrected chi connectivity index (χ3v) is 4.37. The molecule has 120 valence electrons. The number of rotatable bonds is 4. The molecule has 1 fully saturated rings. The maximum Gasteiger partial charge on any atom is 0.262 e. The van der Waals surface area contributed by atoms with Crippen LogP contribution in [0.3, 0.4) is 0 Å². The molecule has 0 aliphatic carbocycles. The molecular weight excluding hydrogens is 294 g/mol. The summed E-state index contributed by atoms with van der Waals surface area (Å²) in [4.78, 5) is 15.1. The fourth-order valence-corrected chi connectivity index (χ4v) is 3.16. The Morgan fingerprint density at radius 2 is 1.96 bits per heavy atom. The van der Waals surface area contributed by atoms with Gasteiger partial charge in [-0.1, -0.05) is 12.1 Å². The molecular formula is C16H19N5O2. The Bertz CT molecular complexity index is 879. The van der Waals surface area contributed by atoms with Crippen LogP contribution in [0.15, 0.2) is 35.4 Å². The van der Waals surface area contributed by atoms with E-state index >= 15 is 0 Å². The molecule has 0 saturated carbocycles. The summed E-state index contributed by atoms with van der Waals surface area (Å²) in [5.41, 5.74) is 0.852. The minimum atomic E-state index is 0.00285. The van der Waals surface area contributed by atoms with Crippen molar-refractivity contribution in [3.05, 3.63) is 40.9 Å². The average molecular weight is 313 g/mol. The number of hydrogen-bond donors (Lipinski definition) is 0. The summed E-state index contributed by atoms with van der Waals surface area (Å²) in [6.07, 6.45) is 2.57. The predicted octanol–water partition coefficient (Wildman–Crippen LogP) is 0.766. The summed E-state index contributed by atoms with van der Waals surface area (Å²) < 4.78 is 8.97. The largest absolute Gasteiger partial charge is 0.379 e. The van der Waals surface area contributed by atoms with Gasteiger partial charge in [-0.05, 0) is 18.6 Å². The molecule has 0 bridgehead atoms. The normalized spacial score (nSPS) is 16.3. The molecule has 1 aliphatic heterocycles. The van der Waals surface area contributed by atoms with Crippen molar-refractivity contribution in [2.75, 3.05) is 32.8 Å². The molecule has 3 heterocycles. The van der Waals surface area contributed by atoms with Gasteiger partial charge in [-0.3, -0.25) is 18.7 Å². The Balaban J connectivity index is 1.64. The van der Waals surface area contributed by atoms with E-state index in [0.717, 1.165) is 44.8 Å². The average Bonchev–Trinajstić information content (AvgIpc) is 3.08. The molecule has 3 aromatic rings. The van der Waals surface area contributed by atoms with Gasteiger partial charge in [-0.2, -0.15) is 0 Å². The molecule has 0 unspecified atom stereocenters. The van der Waals surface area contributed by atoms with Crippen molar-refractivity contribution in [3.8, 4) is 0 Å². The maximum absolute atomic E-state index is 12.8. The SMILES string of the molecule is O=c1c2ccccc2n2cnnc2n1CCCN1CCOCC1. The smallest absolute Gasteiger partial charge is 0.262 e. The number of aryl methyl sites for hydroxylation is 1. The van der Waals surface area contributed by atoms with Crippen molar-refractivity contribution < 1.29 is 4.74 Å². The predicted molar refractivity (Wildman–Crippen MR) is 86.6 cm³/mol. The third kappa shape index (κ3) is 2.62. The zero-order valence-corrected chi connectivity index (χ0v) is 12.9. The Morgan fingerprint density at radius 3 is 2.83 bits per heavy atom. The highest BCUT2D eigenvalue weighted by Gasteiger charge is 2.13. The molecule has 2 aromatic heterocycles. The molecule has 0 spiro atoms. The quantitative estimate of drug-likeness (QED) is 0.712. The number of morpholine rings is 1. The van der Waals surface area contributed by atoms with E-state index in [1.54, 1.807) is 10.9 Å². The van der Waals surface area contributed by atoms with Gasteiger partial charge in [0.2, 0.25) is 5.78 Å². The van der Waals surface area contributed by atoms with Crippen LogP contribution in [-0.4, -0.2) is 56.9 Å². The minimum absolute atomic E-state index is 0.00285. The van der Waals surface area contributed by atoms with E-state index in [1.165, 1.54) is 0 Å². The summed E-state index contributed by atoms with van der Waals surface area (Å²) >= 11 is 0. The first-order valence-corrected chi connectivity index (χ1v) is 7.96. The van der Waals surface area contributed by atoms with Crippen LogP contribution < -0.4 is 5.56 Å². The molecule has 0 atom stereocenters. The van der Waals surface area contributed by atoms with Crippen molar-refractivity contribution in [1.82, 2.24) is 24.1 Å². The van der Waals surface area contributed by atoms with Gasteiger partial charge in [0, 0.05) is 26.2 Å². The van der Waals surface area contributed by atoms with Crippen molar-refractivity contribution >= 4 is 16.7 Å². The molecule has 1 saturated heterocycles. The van der Waals surface area contributed by atoms with Crippen molar-refractivity contribution in [3.63, 3.8) is 0 Å². The lowest BCUT2D eigenvalue weighted by molar-refractivity contribution is 0.0369. The highest BCUT2D eigenvalue weighted by molar-refractivity contribution is 5.79. The highest BCUT2D eigenvalue weighted by atomic mass is 16.5. The lowest BCUT2D eigenvalue weighted by atomic mass is 10.2. The van der Waals surface area contributed by atoms with Crippen LogP contribution in [0.2, 0.25) is 0 Å². The van der Waals surface area contributed by atoms with Crippen molar-refractivity contribution in [1.29, 1.82) is 0 Å². The van der Waals surface area contributed by atoms with Crippen LogP contribution in [0.5, 0.6) is 0 Å². The van der Waals surface area contributed by atoms with Gasteiger partial charge in [0.25, 0.3) is 5.56 Å². The molecule has 1 aliphatic rings. The number of ether oxygens (including phenoxy) is 1. The summed E-state index contributed by atoms with van der Waals surface area (Å²) in [5.74, 6) is 0.607. The molecule has 0 N–H and O–H groups in total. The molecule has 23 heavy (non-hydrogen) atoms. The first kappa shape index (κ1) is 14.3. The van der Waals surface area contributed by atoms with Crippen molar-refractivity contribution in [2.45, 2.75) is 13.0 Å². The van der Waals surface area contributed by atoms with Gasteiger partial charge in [-0.25, -0.2) is 0 Å². The standard InChI is InChI=1S/C16H19N5O2/c22-15-13-4-1-2-5-14(13)21-12-17-18-16(21)20(15)7-3-6-19-8-10-23-11-9-19/h1-2,4-5,12H,3,6-11H2. The lowest BCUT2D eigenvalue weighted by Gasteiger charge is -2.26. The number of benzene rings is 1. The summed E-state index contributed by atoms with van der Waals surface area (Å²) in [6, 6.07) is 7.59. The highest BCUT2D eigenvalue weighted by Crippen LogP contribution is 2.12. The second-order valence-electron chi connectivity index (χ2n) is 5.78. The number of aromatic nitrogens is 4. The van der Waals surface area contributed by atoms with Crippen molar-refractivity contribution in [2.24, 2.45) is 0 Å². The van der Waals surface area contributed by atoms with E-state index in [-0.39, 0.29) is 5.56 Å². The second-order valence-corrected chi connectivity index (χ2v) is 5.78. The van der Waals surface area contributed by atoms with Crippen LogP contribution in [0, 0.1) is 0 Å². The van der Waals surface area contributed by atoms with E-state index < -0.39 is 0 Å². The van der Waals surface area contributed by atoms with Gasteiger partial charge in [0.1, 0.15) is 6.33 Å². The Labute approximate surface area is 133 Å². The first-order valence-electron chi connectivity index (χ1n) is 7.96. The van der Waals surface area contributed by atoms with Crippen LogP contribution in [-0.2, 0) is 11.3 Å².